The highest BCUT2D eigenvalue weighted by Gasteiger charge is 2.57. The third-order valence-corrected chi connectivity index (χ3v) is 6.12. The Bertz CT molecular complexity index is 247. The summed E-state index contributed by atoms with van der Waals surface area (Å²) < 4.78 is 0. The van der Waals surface area contributed by atoms with E-state index >= 15 is 0 Å². The smallest absolute Gasteiger partial charge is 0.0502 e. The number of aliphatic hydroxyl groups excluding tert-OH is 1. The monoisotopic (exact) mass is 223 g/mol. The van der Waals surface area contributed by atoms with E-state index in [1.165, 1.54) is 38.5 Å². The van der Waals surface area contributed by atoms with Crippen LogP contribution in [-0.4, -0.2) is 18.3 Å². The summed E-state index contributed by atoms with van der Waals surface area (Å²) in [6.45, 7) is 3.14. The summed E-state index contributed by atoms with van der Waals surface area (Å²) in [5, 5.41) is 9.77. The molecule has 2 nitrogen and oxygen atoms in total. The van der Waals surface area contributed by atoms with E-state index < -0.39 is 0 Å². The molecule has 0 radical (unpaired) electrons. The Labute approximate surface area is 98.6 Å². The highest BCUT2D eigenvalue weighted by molar-refractivity contribution is 5.08. The molecular weight excluding hydrogens is 198 g/mol. The van der Waals surface area contributed by atoms with Gasteiger partial charge in [-0.3, -0.25) is 0 Å². The van der Waals surface area contributed by atoms with Crippen molar-refractivity contribution in [2.75, 3.05) is 13.2 Å². The Hall–Kier alpha value is -0.0800. The first-order chi connectivity index (χ1) is 7.61. The molecule has 0 aromatic carbocycles. The van der Waals surface area contributed by atoms with Gasteiger partial charge in [0.15, 0.2) is 0 Å². The van der Waals surface area contributed by atoms with Gasteiger partial charge in [0, 0.05) is 12.0 Å². The Morgan fingerprint density at radius 1 is 1.12 bits per heavy atom. The summed E-state index contributed by atoms with van der Waals surface area (Å²) in [7, 11) is 0. The largest absolute Gasteiger partial charge is 0.396 e. The van der Waals surface area contributed by atoms with Crippen LogP contribution in [0.2, 0.25) is 0 Å². The van der Waals surface area contributed by atoms with Crippen LogP contribution in [0.25, 0.3) is 0 Å². The maximum atomic E-state index is 9.77. The lowest BCUT2D eigenvalue weighted by Gasteiger charge is -2.62. The molecular formula is C14H25NO. The molecule has 0 heterocycles. The fraction of sp³-hybridized carbons (Fsp3) is 1.00. The topological polar surface area (TPSA) is 46.2 Å². The normalized spacial score (nSPS) is 49.3. The average molecular weight is 223 g/mol. The molecule has 3 N–H and O–H groups in total. The van der Waals surface area contributed by atoms with E-state index in [2.05, 4.69) is 6.92 Å². The number of hydrogen-bond donors (Lipinski definition) is 2. The fourth-order valence-electron chi connectivity index (χ4n) is 5.30. The molecule has 0 aromatic heterocycles. The average Bonchev–Trinajstić information content (AvgIpc) is 2.26. The standard InChI is InChI=1S/C14H25NO/c1-13(8-15,9-16)14-5-10-2-11(6-14)4-12(3-10)7-14/h10-12,16H,2-9,15H2,1H3. The third-order valence-electron chi connectivity index (χ3n) is 6.12. The lowest BCUT2D eigenvalue weighted by molar-refractivity contribution is -0.137. The second kappa shape index (κ2) is 3.46. The fourth-order valence-corrected chi connectivity index (χ4v) is 5.30. The molecule has 4 rings (SSSR count). The Kier molecular flexibility index (Phi) is 2.38. The summed E-state index contributed by atoms with van der Waals surface area (Å²) in [6, 6.07) is 0. The Morgan fingerprint density at radius 2 is 1.56 bits per heavy atom. The van der Waals surface area contributed by atoms with E-state index in [1.54, 1.807) is 0 Å². The minimum atomic E-state index is -0.0248. The van der Waals surface area contributed by atoms with Gasteiger partial charge in [-0.05, 0) is 61.7 Å². The van der Waals surface area contributed by atoms with E-state index in [9.17, 15) is 5.11 Å². The van der Waals surface area contributed by atoms with Gasteiger partial charge < -0.3 is 10.8 Å². The lowest BCUT2D eigenvalue weighted by atomic mass is 9.43. The van der Waals surface area contributed by atoms with Crippen molar-refractivity contribution in [3.05, 3.63) is 0 Å². The lowest BCUT2D eigenvalue weighted by Crippen LogP contribution is -2.57. The van der Waals surface area contributed by atoms with Crippen LogP contribution in [0, 0.1) is 28.6 Å². The second-order valence-electron chi connectivity index (χ2n) is 7.12. The zero-order valence-electron chi connectivity index (χ0n) is 10.4. The van der Waals surface area contributed by atoms with Gasteiger partial charge in [0.2, 0.25) is 0 Å². The van der Waals surface area contributed by atoms with Gasteiger partial charge in [-0.15, -0.1) is 0 Å². The van der Waals surface area contributed by atoms with Crippen LogP contribution in [0.3, 0.4) is 0 Å². The van der Waals surface area contributed by atoms with Gasteiger partial charge in [-0.1, -0.05) is 6.92 Å². The molecule has 16 heavy (non-hydrogen) atoms. The van der Waals surface area contributed by atoms with Gasteiger partial charge in [-0.25, -0.2) is 0 Å². The van der Waals surface area contributed by atoms with Crippen molar-refractivity contribution in [1.29, 1.82) is 0 Å². The molecule has 2 heteroatoms. The van der Waals surface area contributed by atoms with Crippen LogP contribution in [0.15, 0.2) is 0 Å². The number of aliphatic hydroxyl groups is 1. The van der Waals surface area contributed by atoms with Crippen LogP contribution < -0.4 is 5.73 Å². The maximum Gasteiger partial charge on any atom is 0.0502 e. The molecule has 1 unspecified atom stereocenters. The van der Waals surface area contributed by atoms with E-state index in [0.29, 0.717) is 12.0 Å². The van der Waals surface area contributed by atoms with E-state index in [-0.39, 0.29) is 12.0 Å². The van der Waals surface area contributed by atoms with Crippen LogP contribution in [0.5, 0.6) is 0 Å². The van der Waals surface area contributed by atoms with Crippen molar-refractivity contribution >= 4 is 0 Å². The molecule has 4 aliphatic rings. The summed E-state index contributed by atoms with van der Waals surface area (Å²) >= 11 is 0. The molecule has 4 saturated carbocycles. The van der Waals surface area contributed by atoms with Gasteiger partial charge in [0.25, 0.3) is 0 Å². The zero-order valence-corrected chi connectivity index (χ0v) is 10.4. The quantitative estimate of drug-likeness (QED) is 0.770. The minimum absolute atomic E-state index is 0.0248. The van der Waals surface area contributed by atoms with E-state index in [0.717, 1.165) is 17.8 Å². The van der Waals surface area contributed by atoms with Crippen LogP contribution in [0.4, 0.5) is 0 Å². The zero-order chi connectivity index (χ0) is 11.4. The third kappa shape index (κ3) is 1.32. The molecule has 0 spiro atoms. The molecule has 0 aliphatic heterocycles. The molecule has 0 aromatic rings. The summed E-state index contributed by atoms with van der Waals surface area (Å²) in [5.74, 6) is 2.84. The SMILES string of the molecule is CC(CN)(CO)C12CC3CC(CC(C3)C1)C2. The van der Waals surface area contributed by atoms with Crippen LogP contribution >= 0.6 is 0 Å². The summed E-state index contributed by atoms with van der Waals surface area (Å²) in [6.07, 6.45) is 8.41. The molecule has 0 saturated heterocycles. The van der Waals surface area contributed by atoms with Crippen molar-refractivity contribution in [3.63, 3.8) is 0 Å². The predicted octanol–water partition coefficient (Wildman–Crippen LogP) is 2.16. The summed E-state index contributed by atoms with van der Waals surface area (Å²) in [4.78, 5) is 0. The first-order valence-corrected chi connectivity index (χ1v) is 6.92. The first-order valence-electron chi connectivity index (χ1n) is 6.92. The maximum absolute atomic E-state index is 9.77. The second-order valence-corrected chi connectivity index (χ2v) is 7.12. The number of nitrogens with two attached hydrogens (primary N) is 1. The van der Waals surface area contributed by atoms with E-state index in [4.69, 9.17) is 5.73 Å². The van der Waals surface area contributed by atoms with Crippen molar-refractivity contribution in [2.24, 2.45) is 34.3 Å². The Morgan fingerprint density at radius 3 is 1.88 bits per heavy atom. The molecule has 1 atom stereocenters. The van der Waals surface area contributed by atoms with Crippen molar-refractivity contribution < 1.29 is 5.11 Å². The molecule has 4 aliphatic carbocycles. The molecule has 92 valence electrons. The molecule has 4 fully saturated rings. The van der Waals surface area contributed by atoms with Crippen LogP contribution in [-0.2, 0) is 0 Å². The highest BCUT2D eigenvalue weighted by Crippen LogP contribution is 2.65. The van der Waals surface area contributed by atoms with Gasteiger partial charge >= 0.3 is 0 Å². The molecule has 4 bridgehead atoms. The van der Waals surface area contributed by atoms with Gasteiger partial charge in [-0.2, -0.15) is 0 Å². The minimum Gasteiger partial charge on any atom is -0.396 e. The van der Waals surface area contributed by atoms with Crippen molar-refractivity contribution in [1.82, 2.24) is 0 Å². The summed E-state index contributed by atoms with van der Waals surface area (Å²) in [5.41, 5.74) is 6.33. The van der Waals surface area contributed by atoms with Crippen LogP contribution in [0.1, 0.15) is 45.4 Å². The predicted molar refractivity (Wildman–Crippen MR) is 64.9 cm³/mol. The van der Waals surface area contributed by atoms with Crippen molar-refractivity contribution in [2.45, 2.75) is 45.4 Å². The highest BCUT2D eigenvalue weighted by atomic mass is 16.3. The number of hydrogen-bond acceptors (Lipinski definition) is 2. The van der Waals surface area contributed by atoms with Gasteiger partial charge in [0.05, 0.1) is 6.61 Å². The van der Waals surface area contributed by atoms with Crippen molar-refractivity contribution in [3.8, 4) is 0 Å². The molecule has 0 amide bonds. The first kappa shape index (κ1) is 11.0. The number of rotatable bonds is 3. The van der Waals surface area contributed by atoms with Gasteiger partial charge in [0.1, 0.15) is 0 Å². The van der Waals surface area contributed by atoms with E-state index in [1.807, 2.05) is 0 Å². The Balaban J connectivity index is 1.93.